The van der Waals surface area contributed by atoms with Crippen molar-refractivity contribution < 1.29 is 4.79 Å². The topological polar surface area (TPSA) is 67.2 Å². The number of carbonyl (C=O) groups is 1. The van der Waals surface area contributed by atoms with E-state index in [-0.39, 0.29) is 23.4 Å². The van der Waals surface area contributed by atoms with Gasteiger partial charge in [-0.3, -0.25) is 9.36 Å². The number of nitrogens with zero attached hydrogens (tertiary/aromatic N) is 3. The van der Waals surface area contributed by atoms with Crippen LogP contribution >= 0.6 is 0 Å². The Hall–Kier alpha value is -3.93. The lowest BCUT2D eigenvalue weighted by Crippen LogP contribution is -2.37. The molecule has 1 N–H and O–H groups in total. The zero-order chi connectivity index (χ0) is 27.6. The van der Waals surface area contributed by atoms with Crippen LogP contribution in [0.4, 0.5) is 10.5 Å². The first-order valence-corrected chi connectivity index (χ1v) is 13.4. The van der Waals surface area contributed by atoms with Gasteiger partial charge in [-0.2, -0.15) is 0 Å². The number of urea groups is 1. The van der Waals surface area contributed by atoms with E-state index in [0.29, 0.717) is 16.7 Å². The highest BCUT2D eigenvalue weighted by Crippen LogP contribution is 2.33. The van der Waals surface area contributed by atoms with E-state index in [1.807, 2.05) is 55.5 Å². The monoisotopic (exact) mass is 510 g/mol. The highest BCUT2D eigenvalue weighted by molar-refractivity contribution is 5.91. The zero-order valence-corrected chi connectivity index (χ0v) is 23.4. The zero-order valence-electron chi connectivity index (χ0n) is 23.4. The average Bonchev–Trinajstić information content (AvgIpc) is 2.92. The van der Waals surface area contributed by atoms with Crippen LogP contribution in [0.15, 0.2) is 71.5 Å². The SMILES string of the molecule is CCc1ccc(-n2c(C(C)N(C)C(=O)Nc3c(C(C)C)cccc3C(C)C)nc3ccccc3c2=O)cc1. The number of benzene rings is 3. The van der Waals surface area contributed by atoms with Crippen LogP contribution in [0.5, 0.6) is 0 Å². The van der Waals surface area contributed by atoms with Crippen LogP contribution in [-0.2, 0) is 6.42 Å². The van der Waals surface area contributed by atoms with Crippen molar-refractivity contribution in [3.8, 4) is 5.69 Å². The lowest BCUT2D eigenvalue weighted by atomic mass is 9.93. The molecule has 1 aromatic heterocycles. The standard InChI is InChI=1S/C32H38N4O2/c1-8-23-16-18-24(19-17-23)36-30(33-28-15-10-9-12-27(28)31(36)37)22(6)35(7)32(38)34-29-25(20(2)3)13-11-14-26(29)21(4)5/h9-22H,8H2,1-7H3,(H,34,38). The van der Waals surface area contributed by atoms with Crippen LogP contribution in [0.25, 0.3) is 16.6 Å². The van der Waals surface area contributed by atoms with Crippen LogP contribution in [0.2, 0.25) is 0 Å². The number of hydrogen-bond donors (Lipinski definition) is 1. The quantitative estimate of drug-likeness (QED) is 0.281. The van der Waals surface area contributed by atoms with Gasteiger partial charge in [0.05, 0.1) is 22.6 Å². The Morgan fingerprint density at radius 1 is 0.895 bits per heavy atom. The minimum absolute atomic E-state index is 0.150. The van der Waals surface area contributed by atoms with E-state index in [0.717, 1.165) is 28.9 Å². The van der Waals surface area contributed by atoms with E-state index in [1.54, 1.807) is 22.6 Å². The van der Waals surface area contributed by atoms with E-state index in [1.165, 1.54) is 5.56 Å². The van der Waals surface area contributed by atoms with Crippen molar-refractivity contribution in [3.63, 3.8) is 0 Å². The van der Waals surface area contributed by atoms with E-state index < -0.39 is 6.04 Å². The highest BCUT2D eigenvalue weighted by atomic mass is 16.2. The highest BCUT2D eigenvalue weighted by Gasteiger charge is 2.26. The molecule has 0 spiro atoms. The number of aromatic nitrogens is 2. The number of rotatable bonds is 7. The Morgan fingerprint density at radius 2 is 1.50 bits per heavy atom. The summed E-state index contributed by atoms with van der Waals surface area (Å²) in [6.45, 7) is 12.5. The molecule has 1 heterocycles. The largest absolute Gasteiger partial charge is 0.322 e. The number of fused-ring (bicyclic) bond motifs is 1. The fourth-order valence-corrected chi connectivity index (χ4v) is 4.80. The van der Waals surface area contributed by atoms with Gasteiger partial charge in [0.1, 0.15) is 5.82 Å². The van der Waals surface area contributed by atoms with Gasteiger partial charge >= 0.3 is 6.03 Å². The molecule has 6 heteroatoms. The van der Waals surface area contributed by atoms with Crippen molar-refractivity contribution in [1.29, 1.82) is 0 Å². The van der Waals surface area contributed by atoms with Crippen LogP contribution in [0.1, 0.15) is 81.9 Å². The molecule has 1 unspecified atom stereocenters. The molecule has 0 aliphatic carbocycles. The summed E-state index contributed by atoms with van der Waals surface area (Å²) < 4.78 is 1.64. The van der Waals surface area contributed by atoms with Gasteiger partial charge in [-0.15, -0.1) is 0 Å². The second-order valence-electron chi connectivity index (χ2n) is 10.5. The number of aryl methyl sites for hydroxylation is 1. The number of amides is 2. The molecule has 0 saturated heterocycles. The van der Waals surface area contributed by atoms with E-state index >= 15 is 0 Å². The summed E-state index contributed by atoms with van der Waals surface area (Å²) in [6, 6.07) is 20.7. The number of carbonyl (C=O) groups excluding carboxylic acids is 1. The first-order chi connectivity index (χ1) is 18.1. The van der Waals surface area contributed by atoms with Crippen molar-refractivity contribution in [2.24, 2.45) is 0 Å². The lowest BCUT2D eigenvalue weighted by Gasteiger charge is -2.29. The molecule has 0 aliphatic rings. The number of anilines is 1. The number of nitrogens with one attached hydrogen (secondary N) is 1. The molecule has 0 aliphatic heterocycles. The summed E-state index contributed by atoms with van der Waals surface area (Å²) in [5.41, 5.74) is 5.44. The van der Waals surface area contributed by atoms with Gasteiger partial charge in [-0.1, -0.05) is 77.1 Å². The number of hydrogen-bond acceptors (Lipinski definition) is 3. The predicted octanol–water partition coefficient (Wildman–Crippen LogP) is 7.42. The third-order valence-corrected chi connectivity index (χ3v) is 7.28. The van der Waals surface area contributed by atoms with Crippen molar-refractivity contribution in [3.05, 3.63) is 99.6 Å². The third kappa shape index (κ3) is 5.21. The maximum absolute atomic E-state index is 13.7. The second kappa shape index (κ2) is 11.2. The summed E-state index contributed by atoms with van der Waals surface area (Å²) in [6.07, 6.45) is 0.910. The Labute approximate surface area is 225 Å². The fraction of sp³-hybridized carbons (Fsp3) is 0.344. The Kier molecular flexibility index (Phi) is 8.00. The molecule has 198 valence electrons. The lowest BCUT2D eigenvalue weighted by molar-refractivity contribution is 0.205. The summed E-state index contributed by atoms with van der Waals surface area (Å²) >= 11 is 0. The van der Waals surface area contributed by atoms with Crippen LogP contribution in [-0.4, -0.2) is 27.5 Å². The molecule has 2 amide bonds. The molecule has 3 aromatic carbocycles. The molecule has 4 rings (SSSR count). The molecule has 6 nitrogen and oxygen atoms in total. The Morgan fingerprint density at radius 3 is 2.08 bits per heavy atom. The second-order valence-corrected chi connectivity index (χ2v) is 10.5. The van der Waals surface area contributed by atoms with E-state index in [2.05, 4.69) is 52.1 Å². The van der Waals surface area contributed by atoms with Gasteiger partial charge in [-0.05, 0) is 66.1 Å². The van der Waals surface area contributed by atoms with Gasteiger partial charge in [0.15, 0.2) is 0 Å². The Balaban J connectivity index is 1.78. The summed E-state index contributed by atoms with van der Waals surface area (Å²) in [5, 5.41) is 3.73. The van der Waals surface area contributed by atoms with Crippen molar-refractivity contribution in [1.82, 2.24) is 14.5 Å². The van der Waals surface area contributed by atoms with Crippen molar-refractivity contribution in [2.75, 3.05) is 12.4 Å². The van der Waals surface area contributed by atoms with Gasteiger partial charge in [-0.25, -0.2) is 9.78 Å². The average molecular weight is 511 g/mol. The molecule has 0 fully saturated rings. The van der Waals surface area contributed by atoms with Gasteiger partial charge in [0.2, 0.25) is 0 Å². The first kappa shape index (κ1) is 27.1. The van der Waals surface area contributed by atoms with Crippen LogP contribution in [0, 0.1) is 0 Å². The van der Waals surface area contributed by atoms with Crippen LogP contribution in [0.3, 0.4) is 0 Å². The molecule has 0 bridgehead atoms. The summed E-state index contributed by atoms with van der Waals surface area (Å²) in [7, 11) is 1.75. The molecular weight excluding hydrogens is 472 g/mol. The maximum atomic E-state index is 13.7. The van der Waals surface area contributed by atoms with E-state index in [9.17, 15) is 9.59 Å². The minimum atomic E-state index is -0.480. The van der Waals surface area contributed by atoms with Gasteiger partial charge < -0.3 is 10.2 Å². The summed E-state index contributed by atoms with van der Waals surface area (Å²) in [4.78, 5) is 33.9. The first-order valence-electron chi connectivity index (χ1n) is 13.4. The van der Waals surface area contributed by atoms with E-state index in [4.69, 9.17) is 4.98 Å². The van der Waals surface area contributed by atoms with Crippen molar-refractivity contribution >= 4 is 22.6 Å². The number of para-hydroxylation sites is 2. The van der Waals surface area contributed by atoms with Crippen LogP contribution < -0.4 is 10.9 Å². The summed E-state index contributed by atoms with van der Waals surface area (Å²) in [5.74, 6) is 1.02. The normalized spacial score (nSPS) is 12.2. The third-order valence-electron chi connectivity index (χ3n) is 7.28. The molecule has 1 atom stereocenters. The molecule has 0 radical (unpaired) electrons. The fourth-order valence-electron chi connectivity index (χ4n) is 4.80. The van der Waals surface area contributed by atoms with Crippen molar-refractivity contribution in [2.45, 2.75) is 65.8 Å². The Bertz CT molecular complexity index is 1480. The molecule has 0 saturated carbocycles. The molecule has 38 heavy (non-hydrogen) atoms. The minimum Gasteiger partial charge on any atom is -0.318 e. The molecule has 4 aromatic rings. The van der Waals surface area contributed by atoms with Gasteiger partial charge in [0, 0.05) is 12.7 Å². The molecular formula is C32H38N4O2. The maximum Gasteiger partial charge on any atom is 0.322 e. The smallest absolute Gasteiger partial charge is 0.318 e. The van der Waals surface area contributed by atoms with Gasteiger partial charge in [0.25, 0.3) is 5.56 Å². The predicted molar refractivity (Wildman–Crippen MR) is 157 cm³/mol.